The fourth-order valence-electron chi connectivity index (χ4n) is 4.75. The summed E-state index contributed by atoms with van der Waals surface area (Å²) >= 11 is 0. The minimum Gasteiger partial charge on any atom is -0.508 e. The predicted octanol–water partition coefficient (Wildman–Crippen LogP) is 4.51. The number of carbonyl (C=O) groups is 1. The number of aromatic hydroxyl groups is 1. The van der Waals surface area contributed by atoms with Crippen molar-refractivity contribution in [1.29, 1.82) is 0 Å². The lowest BCUT2D eigenvalue weighted by atomic mass is 9.94. The van der Waals surface area contributed by atoms with Gasteiger partial charge in [0.1, 0.15) is 5.75 Å². The van der Waals surface area contributed by atoms with Crippen molar-refractivity contribution in [2.24, 2.45) is 0 Å². The Labute approximate surface area is 185 Å². The van der Waals surface area contributed by atoms with Gasteiger partial charge in [0.2, 0.25) is 0 Å². The van der Waals surface area contributed by atoms with Crippen molar-refractivity contribution in [3.8, 4) is 5.75 Å². The van der Waals surface area contributed by atoms with Gasteiger partial charge >= 0.3 is 6.03 Å². The molecule has 4 rings (SSSR count). The Morgan fingerprint density at radius 3 is 2.52 bits per heavy atom. The molecule has 0 aromatic heterocycles. The van der Waals surface area contributed by atoms with Gasteiger partial charge in [0, 0.05) is 56.2 Å². The number of piperazine rings is 1. The van der Waals surface area contributed by atoms with Crippen LogP contribution in [-0.2, 0) is 6.54 Å². The lowest BCUT2D eigenvalue weighted by Crippen LogP contribution is -2.50. The van der Waals surface area contributed by atoms with E-state index in [1.165, 1.54) is 37.7 Å². The van der Waals surface area contributed by atoms with Crippen molar-refractivity contribution in [1.82, 2.24) is 9.80 Å². The van der Waals surface area contributed by atoms with Crippen molar-refractivity contribution in [2.75, 3.05) is 43.4 Å². The van der Waals surface area contributed by atoms with Crippen LogP contribution >= 0.6 is 0 Å². The molecule has 2 amide bonds. The van der Waals surface area contributed by atoms with Gasteiger partial charge in [-0.2, -0.15) is 0 Å². The van der Waals surface area contributed by atoms with Crippen molar-refractivity contribution >= 4 is 17.4 Å². The summed E-state index contributed by atoms with van der Waals surface area (Å²) in [6.07, 6.45) is 6.54. The molecule has 0 spiro atoms. The first-order chi connectivity index (χ1) is 15.1. The largest absolute Gasteiger partial charge is 0.508 e. The molecule has 2 aromatic rings. The van der Waals surface area contributed by atoms with E-state index in [1.807, 2.05) is 35.2 Å². The van der Waals surface area contributed by atoms with Gasteiger partial charge in [0.15, 0.2) is 0 Å². The number of benzene rings is 2. The highest BCUT2D eigenvalue weighted by atomic mass is 16.3. The normalized spacial score (nSPS) is 17.7. The van der Waals surface area contributed by atoms with E-state index >= 15 is 0 Å². The molecule has 0 unspecified atom stereocenters. The van der Waals surface area contributed by atoms with Crippen LogP contribution in [0.25, 0.3) is 0 Å². The van der Waals surface area contributed by atoms with Crippen LogP contribution < -0.4 is 10.2 Å². The lowest BCUT2D eigenvalue weighted by molar-refractivity contribution is 0.184. The third-order valence-corrected chi connectivity index (χ3v) is 6.64. The van der Waals surface area contributed by atoms with Crippen LogP contribution in [0.15, 0.2) is 48.5 Å². The summed E-state index contributed by atoms with van der Waals surface area (Å²) in [5.41, 5.74) is 3.07. The van der Waals surface area contributed by atoms with Crippen molar-refractivity contribution in [3.05, 3.63) is 54.1 Å². The molecule has 2 aromatic carbocycles. The SMILES string of the molecule is CN(Cc1ccccc1NC(=O)N1CCN(c2cccc(O)c2)CC1)C1CCCCC1. The molecule has 0 atom stereocenters. The molecular formula is C25H34N4O2. The number of phenols is 1. The quantitative estimate of drug-likeness (QED) is 0.744. The van der Waals surface area contributed by atoms with Gasteiger partial charge in [-0.3, -0.25) is 4.90 Å². The molecule has 1 aliphatic carbocycles. The Hall–Kier alpha value is -2.73. The van der Waals surface area contributed by atoms with E-state index in [0.29, 0.717) is 19.1 Å². The Balaban J connectivity index is 1.34. The zero-order valence-electron chi connectivity index (χ0n) is 18.5. The van der Waals surface area contributed by atoms with Crippen LogP contribution in [0.4, 0.5) is 16.2 Å². The van der Waals surface area contributed by atoms with E-state index in [2.05, 4.69) is 28.2 Å². The van der Waals surface area contributed by atoms with Gasteiger partial charge in [-0.15, -0.1) is 0 Å². The average molecular weight is 423 g/mol. The highest BCUT2D eigenvalue weighted by molar-refractivity contribution is 5.90. The van der Waals surface area contributed by atoms with Crippen LogP contribution in [0.1, 0.15) is 37.7 Å². The van der Waals surface area contributed by atoms with Crippen LogP contribution in [0.3, 0.4) is 0 Å². The van der Waals surface area contributed by atoms with Gasteiger partial charge in [-0.25, -0.2) is 4.79 Å². The number of hydrogen-bond donors (Lipinski definition) is 2. The van der Waals surface area contributed by atoms with E-state index in [9.17, 15) is 9.90 Å². The number of nitrogens with one attached hydrogen (secondary N) is 1. The minimum atomic E-state index is -0.0386. The summed E-state index contributed by atoms with van der Waals surface area (Å²) in [6.45, 7) is 3.68. The number of urea groups is 1. The van der Waals surface area contributed by atoms with Crippen molar-refractivity contribution in [3.63, 3.8) is 0 Å². The molecule has 2 aliphatic rings. The van der Waals surface area contributed by atoms with Gasteiger partial charge in [0.05, 0.1) is 0 Å². The molecule has 2 N–H and O–H groups in total. The first kappa shape index (κ1) is 21.5. The number of para-hydroxylation sites is 1. The Bertz CT molecular complexity index is 873. The maximum Gasteiger partial charge on any atom is 0.321 e. The van der Waals surface area contributed by atoms with Gasteiger partial charge < -0.3 is 20.2 Å². The fraction of sp³-hybridized carbons (Fsp3) is 0.480. The topological polar surface area (TPSA) is 59.1 Å². The highest BCUT2D eigenvalue weighted by Crippen LogP contribution is 2.25. The second-order valence-electron chi connectivity index (χ2n) is 8.79. The smallest absolute Gasteiger partial charge is 0.321 e. The first-order valence-electron chi connectivity index (χ1n) is 11.5. The Morgan fingerprint density at radius 2 is 1.77 bits per heavy atom. The second-order valence-corrected chi connectivity index (χ2v) is 8.79. The molecule has 6 nitrogen and oxygen atoms in total. The second kappa shape index (κ2) is 10.1. The zero-order valence-corrected chi connectivity index (χ0v) is 18.5. The van der Waals surface area contributed by atoms with Crippen molar-refractivity contribution < 1.29 is 9.90 Å². The molecule has 0 radical (unpaired) electrons. The highest BCUT2D eigenvalue weighted by Gasteiger charge is 2.23. The zero-order chi connectivity index (χ0) is 21.6. The molecule has 166 valence electrons. The maximum absolute atomic E-state index is 12.9. The van der Waals surface area contributed by atoms with Crippen molar-refractivity contribution in [2.45, 2.75) is 44.7 Å². The number of hydrogen-bond acceptors (Lipinski definition) is 4. The standard InChI is InChI=1S/C25H34N4O2/c1-27(21-9-3-2-4-10-21)19-20-8-5-6-13-24(20)26-25(31)29-16-14-28(15-17-29)22-11-7-12-23(30)18-22/h5-8,11-13,18,21,30H,2-4,9-10,14-17,19H2,1H3,(H,26,31). The maximum atomic E-state index is 12.9. The van der Waals surface area contributed by atoms with E-state index in [-0.39, 0.29) is 11.8 Å². The summed E-state index contributed by atoms with van der Waals surface area (Å²) in [5, 5.41) is 12.9. The van der Waals surface area contributed by atoms with Crippen LogP contribution in [0.2, 0.25) is 0 Å². The van der Waals surface area contributed by atoms with E-state index < -0.39 is 0 Å². The van der Waals surface area contributed by atoms with E-state index in [0.717, 1.165) is 31.0 Å². The summed E-state index contributed by atoms with van der Waals surface area (Å²) in [6, 6.07) is 16.1. The van der Waals surface area contributed by atoms with Crippen LogP contribution in [-0.4, -0.2) is 60.2 Å². The average Bonchev–Trinajstić information content (AvgIpc) is 2.81. The Kier molecular flexibility index (Phi) is 6.97. The minimum absolute atomic E-state index is 0.0386. The summed E-state index contributed by atoms with van der Waals surface area (Å²) < 4.78 is 0. The summed E-state index contributed by atoms with van der Waals surface area (Å²) in [4.78, 5) is 19.5. The van der Waals surface area contributed by atoms with E-state index in [1.54, 1.807) is 12.1 Å². The number of phenolic OH excluding ortho intramolecular Hbond substituents is 1. The van der Waals surface area contributed by atoms with Crippen LogP contribution in [0, 0.1) is 0 Å². The molecule has 0 bridgehead atoms. The van der Waals surface area contributed by atoms with E-state index in [4.69, 9.17) is 0 Å². The monoisotopic (exact) mass is 422 g/mol. The number of rotatable bonds is 5. The van der Waals surface area contributed by atoms with Crippen LogP contribution in [0.5, 0.6) is 5.75 Å². The third kappa shape index (κ3) is 5.50. The summed E-state index contributed by atoms with van der Waals surface area (Å²) in [5.74, 6) is 0.271. The number of carbonyl (C=O) groups excluding carboxylic acids is 1. The first-order valence-corrected chi connectivity index (χ1v) is 11.5. The molecule has 1 saturated heterocycles. The summed E-state index contributed by atoms with van der Waals surface area (Å²) in [7, 11) is 2.20. The predicted molar refractivity (Wildman–Crippen MR) is 126 cm³/mol. The fourth-order valence-corrected chi connectivity index (χ4v) is 4.75. The molecule has 2 fully saturated rings. The Morgan fingerprint density at radius 1 is 1.03 bits per heavy atom. The molecule has 1 saturated carbocycles. The molecule has 6 heteroatoms. The number of anilines is 2. The lowest BCUT2D eigenvalue weighted by Gasteiger charge is -2.36. The third-order valence-electron chi connectivity index (χ3n) is 6.64. The number of amides is 2. The molecular weight excluding hydrogens is 388 g/mol. The molecule has 1 aliphatic heterocycles. The van der Waals surface area contributed by atoms with Gasteiger partial charge in [-0.05, 0) is 43.7 Å². The van der Waals surface area contributed by atoms with Gasteiger partial charge in [0.25, 0.3) is 0 Å². The molecule has 31 heavy (non-hydrogen) atoms. The van der Waals surface area contributed by atoms with Gasteiger partial charge in [-0.1, -0.05) is 43.5 Å². The molecule has 1 heterocycles. The number of nitrogens with zero attached hydrogens (tertiary/aromatic N) is 3.